The molecule has 0 atom stereocenters. The molecule has 1 fully saturated rings. The van der Waals surface area contributed by atoms with E-state index in [2.05, 4.69) is 14.8 Å². The van der Waals surface area contributed by atoms with E-state index < -0.39 is 0 Å². The van der Waals surface area contributed by atoms with Gasteiger partial charge in [0.15, 0.2) is 0 Å². The average molecular weight is 405 g/mol. The summed E-state index contributed by atoms with van der Waals surface area (Å²) in [6, 6.07) is 9.30. The smallest absolute Gasteiger partial charge is 0.228 e. The largest absolute Gasteiger partial charge is 0.378 e. The monoisotopic (exact) mass is 405 g/mol. The second-order valence-electron chi connectivity index (χ2n) is 7.54. The molecule has 7 heteroatoms. The third-order valence-corrected chi connectivity index (χ3v) is 5.78. The van der Waals surface area contributed by atoms with Crippen LogP contribution in [0.4, 0.5) is 21.8 Å². The minimum absolute atomic E-state index is 0.168. The molecule has 5 rings (SSSR count). The number of nitrogens with zero attached hydrogens (tertiary/aromatic N) is 5. The molecule has 6 nitrogen and oxygen atoms in total. The lowest BCUT2D eigenvalue weighted by Crippen LogP contribution is -2.37. The Balaban J connectivity index is 1.66. The van der Waals surface area contributed by atoms with E-state index in [0.717, 1.165) is 54.4 Å². The zero-order valence-electron chi connectivity index (χ0n) is 17.0. The summed E-state index contributed by atoms with van der Waals surface area (Å²) in [6.45, 7) is 5.65. The summed E-state index contributed by atoms with van der Waals surface area (Å²) in [5.74, 6) is 1.46. The summed E-state index contributed by atoms with van der Waals surface area (Å²) < 4.78 is 19.7. The number of hydrogen-bond acceptors (Lipinski definition) is 6. The molecule has 4 heterocycles. The lowest BCUT2D eigenvalue weighted by Gasteiger charge is -2.28. The van der Waals surface area contributed by atoms with E-state index in [0.29, 0.717) is 31.1 Å². The first-order valence-corrected chi connectivity index (χ1v) is 10.4. The highest BCUT2D eigenvalue weighted by atomic mass is 19.1. The number of ether oxygens (including phenoxy) is 1. The van der Waals surface area contributed by atoms with E-state index in [1.165, 1.54) is 0 Å². The number of rotatable bonds is 4. The second-order valence-corrected chi connectivity index (χ2v) is 7.54. The molecule has 154 valence electrons. The Labute approximate surface area is 175 Å². The van der Waals surface area contributed by atoms with Gasteiger partial charge in [-0.2, -0.15) is 4.98 Å². The van der Waals surface area contributed by atoms with E-state index in [9.17, 15) is 4.39 Å². The Morgan fingerprint density at radius 1 is 1.03 bits per heavy atom. The predicted molar refractivity (Wildman–Crippen MR) is 115 cm³/mol. The number of morpholine rings is 1. The number of aromatic nitrogens is 3. The fourth-order valence-electron chi connectivity index (χ4n) is 4.16. The van der Waals surface area contributed by atoms with Gasteiger partial charge in [-0.3, -0.25) is 4.98 Å². The Morgan fingerprint density at radius 2 is 1.83 bits per heavy atom. The summed E-state index contributed by atoms with van der Waals surface area (Å²) in [5.41, 5.74) is 4.72. The molecule has 0 unspecified atom stereocenters. The molecule has 2 aliphatic rings. The number of pyridine rings is 1. The van der Waals surface area contributed by atoms with Crippen molar-refractivity contribution in [1.29, 1.82) is 0 Å². The summed E-state index contributed by atoms with van der Waals surface area (Å²) in [5, 5.41) is 0. The van der Waals surface area contributed by atoms with E-state index in [1.54, 1.807) is 18.5 Å². The summed E-state index contributed by atoms with van der Waals surface area (Å²) in [6.07, 6.45) is 5.08. The van der Waals surface area contributed by atoms with Gasteiger partial charge in [-0.15, -0.1) is 0 Å². The molecule has 0 bridgehead atoms. The normalized spacial score (nSPS) is 16.1. The maximum atomic E-state index is 14.1. The van der Waals surface area contributed by atoms with Crippen molar-refractivity contribution in [3.8, 4) is 11.3 Å². The molecule has 1 aromatic carbocycles. The van der Waals surface area contributed by atoms with Crippen LogP contribution in [0.3, 0.4) is 0 Å². The Morgan fingerprint density at radius 3 is 2.60 bits per heavy atom. The highest BCUT2D eigenvalue weighted by Crippen LogP contribution is 2.39. The molecule has 2 aromatic heterocycles. The topological polar surface area (TPSA) is 54.4 Å². The van der Waals surface area contributed by atoms with Gasteiger partial charge in [0.1, 0.15) is 11.6 Å². The van der Waals surface area contributed by atoms with Gasteiger partial charge in [0.25, 0.3) is 0 Å². The number of fused-ring (bicyclic) bond motifs is 1. The van der Waals surface area contributed by atoms with Crippen LogP contribution in [-0.2, 0) is 17.6 Å². The lowest BCUT2D eigenvalue weighted by atomic mass is 10.0. The molecule has 30 heavy (non-hydrogen) atoms. The molecule has 0 N–H and O–H groups in total. The van der Waals surface area contributed by atoms with E-state index in [-0.39, 0.29) is 5.82 Å². The van der Waals surface area contributed by atoms with Crippen molar-refractivity contribution in [1.82, 2.24) is 15.0 Å². The van der Waals surface area contributed by atoms with Gasteiger partial charge in [-0.25, -0.2) is 9.37 Å². The standard InChI is InChI=1S/C23H24FN5O/c1-2-16-15-17(3-4-20(16)24)21-19-7-10-29(18-5-8-25-9-6-18)22(19)27-23(26-21)28-11-13-30-14-12-28/h3-6,8-9,15H,2,7,10-14H2,1H3. The Bertz CT molecular complexity index is 1050. The maximum absolute atomic E-state index is 14.1. The van der Waals surface area contributed by atoms with Crippen LogP contribution in [0.25, 0.3) is 11.3 Å². The third kappa shape index (κ3) is 3.39. The molecular weight excluding hydrogens is 381 g/mol. The van der Waals surface area contributed by atoms with Gasteiger partial charge in [0.05, 0.1) is 18.9 Å². The van der Waals surface area contributed by atoms with Crippen molar-refractivity contribution >= 4 is 17.5 Å². The first-order chi connectivity index (χ1) is 14.7. The first-order valence-electron chi connectivity index (χ1n) is 10.4. The van der Waals surface area contributed by atoms with Crippen LogP contribution in [0.2, 0.25) is 0 Å². The molecule has 0 radical (unpaired) electrons. The number of aryl methyl sites for hydroxylation is 1. The number of benzene rings is 1. The van der Waals surface area contributed by atoms with Gasteiger partial charge in [0.2, 0.25) is 5.95 Å². The van der Waals surface area contributed by atoms with Gasteiger partial charge < -0.3 is 14.5 Å². The zero-order chi connectivity index (χ0) is 20.5. The lowest BCUT2D eigenvalue weighted by molar-refractivity contribution is 0.122. The zero-order valence-corrected chi connectivity index (χ0v) is 17.0. The second kappa shape index (κ2) is 7.99. The predicted octanol–water partition coefficient (Wildman–Crippen LogP) is 3.77. The van der Waals surface area contributed by atoms with E-state index in [4.69, 9.17) is 14.7 Å². The minimum atomic E-state index is -0.168. The molecule has 0 amide bonds. The van der Waals surface area contributed by atoms with Crippen molar-refractivity contribution in [2.75, 3.05) is 42.6 Å². The van der Waals surface area contributed by atoms with Crippen molar-refractivity contribution in [3.05, 3.63) is 59.7 Å². The van der Waals surface area contributed by atoms with Crippen LogP contribution in [-0.4, -0.2) is 47.8 Å². The Kier molecular flexibility index (Phi) is 5.04. The summed E-state index contributed by atoms with van der Waals surface area (Å²) >= 11 is 0. The van der Waals surface area contributed by atoms with Crippen LogP contribution in [0.15, 0.2) is 42.7 Å². The number of anilines is 3. The third-order valence-electron chi connectivity index (χ3n) is 5.78. The fourth-order valence-corrected chi connectivity index (χ4v) is 4.16. The molecule has 0 aliphatic carbocycles. The van der Waals surface area contributed by atoms with Crippen LogP contribution >= 0.6 is 0 Å². The van der Waals surface area contributed by atoms with Crippen molar-refractivity contribution in [3.63, 3.8) is 0 Å². The van der Waals surface area contributed by atoms with E-state index in [1.807, 2.05) is 31.2 Å². The summed E-state index contributed by atoms with van der Waals surface area (Å²) in [7, 11) is 0. The highest BCUT2D eigenvalue weighted by molar-refractivity contribution is 5.77. The molecule has 2 aliphatic heterocycles. The Hall–Kier alpha value is -3.06. The summed E-state index contributed by atoms with van der Waals surface area (Å²) in [4.78, 5) is 18.5. The van der Waals surface area contributed by atoms with Crippen LogP contribution in [0.5, 0.6) is 0 Å². The molecule has 3 aromatic rings. The van der Waals surface area contributed by atoms with E-state index >= 15 is 0 Å². The van der Waals surface area contributed by atoms with Crippen LogP contribution < -0.4 is 9.80 Å². The van der Waals surface area contributed by atoms with Crippen molar-refractivity contribution in [2.24, 2.45) is 0 Å². The number of hydrogen-bond donors (Lipinski definition) is 0. The molecule has 1 saturated heterocycles. The molecule has 0 spiro atoms. The van der Waals surface area contributed by atoms with Crippen molar-refractivity contribution < 1.29 is 9.13 Å². The fraction of sp³-hybridized carbons (Fsp3) is 0.348. The average Bonchev–Trinajstić information content (AvgIpc) is 3.24. The molecular formula is C23H24FN5O. The minimum Gasteiger partial charge on any atom is -0.378 e. The van der Waals surface area contributed by atoms with Crippen LogP contribution in [0, 0.1) is 5.82 Å². The maximum Gasteiger partial charge on any atom is 0.228 e. The highest BCUT2D eigenvalue weighted by Gasteiger charge is 2.29. The van der Waals surface area contributed by atoms with Crippen molar-refractivity contribution in [2.45, 2.75) is 19.8 Å². The first kappa shape index (κ1) is 18.9. The quantitative estimate of drug-likeness (QED) is 0.659. The van der Waals surface area contributed by atoms with Gasteiger partial charge >= 0.3 is 0 Å². The van der Waals surface area contributed by atoms with Crippen LogP contribution in [0.1, 0.15) is 18.1 Å². The van der Waals surface area contributed by atoms with Gasteiger partial charge in [0, 0.05) is 48.8 Å². The van der Waals surface area contributed by atoms with Gasteiger partial charge in [-0.1, -0.05) is 6.92 Å². The molecule has 0 saturated carbocycles. The number of halogens is 1. The van der Waals surface area contributed by atoms with Gasteiger partial charge in [-0.05, 0) is 48.7 Å². The SMILES string of the molecule is CCc1cc(-c2nc(N3CCOCC3)nc3c2CCN3c2ccncc2)ccc1F.